The number of aromatic nitrogens is 2. The maximum atomic E-state index is 13.2. The Morgan fingerprint density at radius 1 is 1.19 bits per heavy atom. The van der Waals surface area contributed by atoms with E-state index in [9.17, 15) is 18.8 Å². The number of carbonyl (C=O) groups is 3. The highest BCUT2D eigenvalue weighted by molar-refractivity contribution is 5.95. The molecule has 142 valence electrons. The number of carbonyl (C=O) groups excluding carboxylic acids is 3. The van der Waals surface area contributed by atoms with E-state index in [0.29, 0.717) is 12.1 Å². The molecule has 0 saturated carbocycles. The van der Waals surface area contributed by atoms with Gasteiger partial charge in [-0.2, -0.15) is 5.10 Å². The van der Waals surface area contributed by atoms with E-state index in [2.05, 4.69) is 9.84 Å². The number of halogens is 1. The fourth-order valence-electron chi connectivity index (χ4n) is 2.91. The van der Waals surface area contributed by atoms with Crippen molar-refractivity contribution < 1.29 is 28.2 Å². The molecule has 0 radical (unpaired) electrons. The number of ether oxygens (including phenoxy) is 2. The maximum absolute atomic E-state index is 13.2. The smallest absolute Gasteiger partial charge is 0.413 e. The van der Waals surface area contributed by atoms with Gasteiger partial charge in [-0.1, -0.05) is 0 Å². The van der Waals surface area contributed by atoms with Gasteiger partial charge in [0.25, 0.3) is 5.91 Å². The lowest BCUT2D eigenvalue weighted by atomic mass is 10.2. The first-order valence-corrected chi connectivity index (χ1v) is 8.50. The topological polar surface area (TPSA) is 99.5 Å². The van der Waals surface area contributed by atoms with Crippen molar-refractivity contribution in [2.24, 2.45) is 0 Å². The standard InChI is InChI=1S/C18H18FN3O5/c1-2-26-18(25)20-15(23)10-27-17(24)16-13-4-3-5-14(13)22(21-16)12-8-6-11(19)7-9-12/h6-9H,2-5,10H2,1H3,(H,20,23,25). The summed E-state index contributed by atoms with van der Waals surface area (Å²) in [4.78, 5) is 35.1. The molecule has 0 aliphatic heterocycles. The summed E-state index contributed by atoms with van der Waals surface area (Å²) in [5, 5.41) is 6.23. The van der Waals surface area contributed by atoms with E-state index in [4.69, 9.17) is 4.74 Å². The van der Waals surface area contributed by atoms with Gasteiger partial charge in [0.05, 0.1) is 12.3 Å². The summed E-state index contributed by atoms with van der Waals surface area (Å²) in [5.74, 6) is -1.92. The number of benzene rings is 1. The molecule has 9 heteroatoms. The maximum Gasteiger partial charge on any atom is 0.413 e. The van der Waals surface area contributed by atoms with E-state index in [1.165, 1.54) is 12.1 Å². The average molecular weight is 375 g/mol. The number of hydrogen-bond donors (Lipinski definition) is 1. The van der Waals surface area contributed by atoms with Crippen LogP contribution in [-0.4, -0.2) is 41.0 Å². The molecule has 0 fully saturated rings. The van der Waals surface area contributed by atoms with E-state index < -0.39 is 24.6 Å². The lowest BCUT2D eigenvalue weighted by Gasteiger charge is -2.06. The van der Waals surface area contributed by atoms with Crippen molar-refractivity contribution in [3.8, 4) is 5.69 Å². The molecule has 0 unspecified atom stereocenters. The summed E-state index contributed by atoms with van der Waals surface area (Å²) >= 11 is 0. The Labute approximate surface area is 154 Å². The van der Waals surface area contributed by atoms with Crippen LogP contribution in [0.1, 0.15) is 35.1 Å². The van der Waals surface area contributed by atoms with Gasteiger partial charge in [0.2, 0.25) is 0 Å². The van der Waals surface area contributed by atoms with Crippen LogP contribution in [0.2, 0.25) is 0 Å². The predicted molar refractivity (Wildman–Crippen MR) is 91.0 cm³/mol. The van der Waals surface area contributed by atoms with E-state index in [-0.39, 0.29) is 18.1 Å². The molecule has 27 heavy (non-hydrogen) atoms. The van der Waals surface area contributed by atoms with Crippen LogP contribution in [0.15, 0.2) is 24.3 Å². The molecule has 0 saturated heterocycles. The summed E-state index contributed by atoms with van der Waals surface area (Å²) in [6.07, 6.45) is 1.35. The van der Waals surface area contributed by atoms with Gasteiger partial charge < -0.3 is 9.47 Å². The van der Waals surface area contributed by atoms with Gasteiger partial charge in [0.1, 0.15) is 5.82 Å². The number of nitrogens with one attached hydrogen (secondary N) is 1. The molecule has 2 aromatic rings. The van der Waals surface area contributed by atoms with Gasteiger partial charge in [-0.25, -0.2) is 18.7 Å². The van der Waals surface area contributed by atoms with Crippen LogP contribution in [0.4, 0.5) is 9.18 Å². The van der Waals surface area contributed by atoms with E-state index in [1.54, 1.807) is 23.7 Å². The Balaban J connectivity index is 1.72. The molecule has 8 nitrogen and oxygen atoms in total. The second kappa shape index (κ2) is 7.98. The van der Waals surface area contributed by atoms with Crippen molar-refractivity contribution in [2.45, 2.75) is 26.2 Å². The zero-order valence-corrected chi connectivity index (χ0v) is 14.7. The molecule has 1 aliphatic rings. The van der Waals surface area contributed by atoms with Gasteiger partial charge in [-0.15, -0.1) is 0 Å². The summed E-state index contributed by atoms with van der Waals surface area (Å²) in [6.45, 7) is 1.09. The van der Waals surface area contributed by atoms with Crippen LogP contribution in [0.5, 0.6) is 0 Å². The van der Waals surface area contributed by atoms with Gasteiger partial charge in [-0.05, 0) is 50.5 Å². The molecule has 1 aromatic heterocycles. The zero-order valence-electron chi connectivity index (χ0n) is 14.7. The zero-order chi connectivity index (χ0) is 19.4. The fourth-order valence-corrected chi connectivity index (χ4v) is 2.91. The largest absolute Gasteiger partial charge is 0.451 e. The van der Waals surface area contributed by atoms with Crippen molar-refractivity contribution in [1.82, 2.24) is 15.1 Å². The molecule has 1 aromatic carbocycles. The minimum atomic E-state index is -0.903. The highest BCUT2D eigenvalue weighted by Gasteiger charge is 2.28. The van der Waals surface area contributed by atoms with Gasteiger partial charge in [0, 0.05) is 11.3 Å². The normalized spacial score (nSPS) is 12.4. The molecule has 1 heterocycles. The summed E-state index contributed by atoms with van der Waals surface area (Å²) in [7, 11) is 0. The Bertz CT molecular complexity index is 876. The van der Waals surface area contributed by atoms with Gasteiger partial charge in [0.15, 0.2) is 12.3 Å². The predicted octanol–water partition coefficient (Wildman–Crippen LogP) is 1.93. The third kappa shape index (κ3) is 4.13. The van der Waals surface area contributed by atoms with Crippen LogP contribution < -0.4 is 5.32 Å². The van der Waals surface area contributed by atoms with Crippen LogP contribution in [0.25, 0.3) is 5.69 Å². The fraction of sp³-hybridized carbons (Fsp3) is 0.333. The second-order valence-corrected chi connectivity index (χ2v) is 5.86. The number of amides is 2. The van der Waals surface area contributed by atoms with Gasteiger partial charge >= 0.3 is 12.1 Å². The van der Waals surface area contributed by atoms with Crippen LogP contribution in [0.3, 0.4) is 0 Å². The van der Waals surface area contributed by atoms with Gasteiger partial charge in [-0.3, -0.25) is 10.1 Å². The number of rotatable bonds is 5. The summed E-state index contributed by atoms with van der Waals surface area (Å²) < 4.78 is 24.3. The van der Waals surface area contributed by atoms with Crippen LogP contribution in [0, 0.1) is 5.82 Å². The minimum absolute atomic E-state index is 0.117. The van der Waals surface area contributed by atoms with E-state index in [0.717, 1.165) is 24.1 Å². The molecule has 1 aliphatic carbocycles. The number of nitrogens with zero attached hydrogens (tertiary/aromatic N) is 2. The summed E-state index contributed by atoms with van der Waals surface area (Å²) in [5.41, 5.74) is 2.38. The number of hydrogen-bond acceptors (Lipinski definition) is 6. The van der Waals surface area contributed by atoms with Crippen LogP contribution >= 0.6 is 0 Å². The molecule has 1 N–H and O–H groups in total. The third-order valence-corrected chi connectivity index (χ3v) is 4.05. The van der Waals surface area contributed by atoms with Crippen molar-refractivity contribution in [1.29, 1.82) is 0 Å². The first-order valence-electron chi connectivity index (χ1n) is 8.50. The molecule has 0 bridgehead atoms. The van der Waals surface area contributed by atoms with Crippen molar-refractivity contribution in [3.05, 3.63) is 47.0 Å². The Kier molecular flexibility index (Phi) is 5.49. The molecule has 0 atom stereocenters. The lowest BCUT2D eigenvalue weighted by Crippen LogP contribution is -2.34. The quantitative estimate of drug-likeness (QED) is 0.802. The number of imide groups is 1. The van der Waals surface area contributed by atoms with Crippen molar-refractivity contribution >= 4 is 18.0 Å². The van der Waals surface area contributed by atoms with Crippen molar-refractivity contribution in [3.63, 3.8) is 0 Å². The monoisotopic (exact) mass is 375 g/mol. The lowest BCUT2D eigenvalue weighted by molar-refractivity contribution is -0.123. The average Bonchev–Trinajstić information content (AvgIpc) is 3.23. The second-order valence-electron chi connectivity index (χ2n) is 5.86. The van der Waals surface area contributed by atoms with Crippen molar-refractivity contribution in [2.75, 3.05) is 13.2 Å². The molecular weight excluding hydrogens is 357 g/mol. The Morgan fingerprint density at radius 3 is 2.63 bits per heavy atom. The first kappa shape index (κ1) is 18.6. The third-order valence-electron chi connectivity index (χ3n) is 4.05. The first-order chi connectivity index (χ1) is 13.0. The van der Waals surface area contributed by atoms with E-state index in [1.807, 2.05) is 5.32 Å². The minimum Gasteiger partial charge on any atom is -0.451 e. The SMILES string of the molecule is CCOC(=O)NC(=O)COC(=O)c1nn(-c2ccc(F)cc2)c2c1CCC2. The van der Waals surface area contributed by atoms with E-state index >= 15 is 0 Å². The summed E-state index contributed by atoms with van der Waals surface area (Å²) in [6, 6.07) is 5.78. The molecule has 2 amide bonds. The molecular formula is C18H18FN3O5. The number of esters is 1. The highest BCUT2D eigenvalue weighted by atomic mass is 19.1. The Hall–Kier alpha value is -3.23. The molecule has 3 rings (SSSR count). The number of alkyl carbamates (subject to hydrolysis) is 1. The number of fused-ring (bicyclic) bond motifs is 1. The molecule has 0 spiro atoms. The Morgan fingerprint density at radius 2 is 1.93 bits per heavy atom. The highest BCUT2D eigenvalue weighted by Crippen LogP contribution is 2.28. The van der Waals surface area contributed by atoms with Crippen LogP contribution in [-0.2, 0) is 27.1 Å².